The van der Waals surface area contributed by atoms with Gasteiger partial charge in [-0.1, -0.05) is 12.1 Å². The van der Waals surface area contributed by atoms with E-state index in [1.165, 1.54) is 12.1 Å². The van der Waals surface area contributed by atoms with Crippen LogP contribution in [0, 0.1) is 22.9 Å². The highest BCUT2D eigenvalue weighted by molar-refractivity contribution is 5.47. The zero-order valence-corrected chi connectivity index (χ0v) is 10.8. The molecule has 2 N–H and O–H groups in total. The molecule has 0 bridgehead atoms. The van der Waals surface area contributed by atoms with Crippen molar-refractivity contribution in [2.45, 2.75) is 13.5 Å². The van der Waals surface area contributed by atoms with E-state index in [-0.39, 0.29) is 12.2 Å². The summed E-state index contributed by atoms with van der Waals surface area (Å²) in [5.41, 5.74) is 6.62. The molecule has 2 aromatic carbocycles. The van der Waals surface area contributed by atoms with E-state index >= 15 is 0 Å². The van der Waals surface area contributed by atoms with Crippen molar-refractivity contribution in [3.05, 3.63) is 63.5 Å². The Bertz CT molecular complexity index is 659. The highest BCUT2D eigenvalue weighted by Gasteiger charge is 2.17. The second-order valence-corrected chi connectivity index (χ2v) is 4.32. The second-order valence-electron chi connectivity index (χ2n) is 4.32. The summed E-state index contributed by atoms with van der Waals surface area (Å²) in [6, 6.07) is 9.09. The third-order valence-electron chi connectivity index (χ3n) is 2.84. The van der Waals surface area contributed by atoms with Gasteiger partial charge in [0, 0.05) is 17.3 Å². The number of hydrogen-bond donors (Lipinski definition) is 1. The molecule has 0 aliphatic rings. The number of nitro benzene ring substituents is 1. The van der Waals surface area contributed by atoms with Crippen molar-refractivity contribution < 1.29 is 14.1 Å². The summed E-state index contributed by atoms with van der Waals surface area (Å²) in [5.74, 6) is -0.310. The van der Waals surface area contributed by atoms with Crippen molar-refractivity contribution >= 4 is 11.4 Å². The van der Waals surface area contributed by atoms with Gasteiger partial charge in [-0.2, -0.15) is 4.39 Å². The fraction of sp³-hybridized carbons (Fsp3) is 0.143. The fourth-order valence-corrected chi connectivity index (χ4v) is 1.81. The molecule has 0 unspecified atom stereocenters. The lowest BCUT2D eigenvalue weighted by molar-refractivity contribution is -0.387. The number of halogens is 1. The van der Waals surface area contributed by atoms with Crippen LogP contribution < -0.4 is 10.5 Å². The van der Waals surface area contributed by atoms with Crippen molar-refractivity contribution in [2.75, 3.05) is 5.73 Å². The number of nitrogen functional groups attached to an aromatic ring is 1. The first-order valence-corrected chi connectivity index (χ1v) is 5.89. The van der Waals surface area contributed by atoms with Gasteiger partial charge in [0.2, 0.25) is 5.82 Å². The molecule has 0 saturated heterocycles. The summed E-state index contributed by atoms with van der Waals surface area (Å²) in [7, 11) is 0. The molecule has 0 aliphatic heterocycles. The molecule has 0 radical (unpaired) electrons. The lowest BCUT2D eigenvalue weighted by Crippen LogP contribution is -2.02. The number of ether oxygens (including phenoxy) is 1. The molecule has 6 heteroatoms. The Kier molecular flexibility index (Phi) is 3.84. The molecule has 2 rings (SSSR count). The van der Waals surface area contributed by atoms with E-state index in [1.54, 1.807) is 18.2 Å². The molecule has 0 atom stereocenters. The number of nitro groups is 1. The number of nitrogens with zero attached hydrogens (tertiary/aromatic N) is 1. The number of rotatable bonds is 4. The number of hydrogen-bond acceptors (Lipinski definition) is 4. The Labute approximate surface area is 114 Å². The van der Waals surface area contributed by atoms with Gasteiger partial charge < -0.3 is 10.5 Å². The Morgan fingerprint density at radius 2 is 2.10 bits per heavy atom. The first kappa shape index (κ1) is 13.8. The average Bonchev–Trinajstić information content (AvgIpc) is 2.39. The van der Waals surface area contributed by atoms with E-state index in [0.717, 1.165) is 11.6 Å². The molecule has 0 aliphatic carbocycles. The Morgan fingerprint density at radius 1 is 1.35 bits per heavy atom. The van der Waals surface area contributed by atoms with Crippen LogP contribution in [0.2, 0.25) is 0 Å². The zero-order chi connectivity index (χ0) is 14.7. The second kappa shape index (κ2) is 5.56. The van der Waals surface area contributed by atoms with Gasteiger partial charge in [-0.05, 0) is 30.7 Å². The van der Waals surface area contributed by atoms with Gasteiger partial charge >= 0.3 is 5.69 Å². The van der Waals surface area contributed by atoms with E-state index < -0.39 is 16.4 Å². The first-order valence-electron chi connectivity index (χ1n) is 5.89. The number of benzene rings is 2. The average molecular weight is 276 g/mol. The largest absolute Gasteiger partial charge is 0.489 e. The molecule has 5 nitrogen and oxygen atoms in total. The van der Waals surface area contributed by atoms with Gasteiger partial charge in [0.15, 0.2) is 0 Å². The van der Waals surface area contributed by atoms with Gasteiger partial charge in [-0.25, -0.2) is 0 Å². The lowest BCUT2D eigenvalue weighted by atomic mass is 10.2. The summed E-state index contributed by atoms with van der Waals surface area (Å²) < 4.78 is 19.3. The molecular weight excluding hydrogens is 263 g/mol. The van der Waals surface area contributed by atoms with Crippen LogP contribution >= 0.6 is 0 Å². The topological polar surface area (TPSA) is 78.4 Å². The molecular formula is C14H13FN2O3. The lowest BCUT2D eigenvalue weighted by Gasteiger charge is -2.10. The van der Waals surface area contributed by atoms with Crippen LogP contribution in [0.4, 0.5) is 15.8 Å². The Balaban J connectivity index is 2.19. The quantitative estimate of drug-likeness (QED) is 0.528. The van der Waals surface area contributed by atoms with Crippen LogP contribution in [-0.2, 0) is 6.61 Å². The summed E-state index contributed by atoms with van der Waals surface area (Å²) in [6.07, 6.45) is 0. The SMILES string of the molecule is Cc1cc(N)ccc1OCc1cccc([N+](=O)[O-])c1F. The Hall–Kier alpha value is -2.63. The third-order valence-corrected chi connectivity index (χ3v) is 2.84. The van der Waals surface area contributed by atoms with Crippen molar-refractivity contribution in [2.24, 2.45) is 0 Å². The smallest absolute Gasteiger partial charge is 0.305 e. The molecule has 104 valence electrons. The van der Waals surface area contributed by atoms with E-state index in [2.05, 4.69) is 0 Å². The minimum Gasteiger partial charge on any atom is -0.489 e. The molecule has 0 saturated carbocycles. The zero-order valence-electron chi connectivity index (χ0n) is 10.8. The van der Waals surface area contributed by atoms with E-state index in [1.807, 2.05) is 6.92 Å². The monoisotopic (exact) mass is 276 g/mol. The number of anilines is 1. The van der Waals surface area contributed by atoms with Crippen molar-refractivity contribution in [1.29, 1.82) is 0 Å². The number of nitrogens with two attached hydrogens (primary N) is 1. The standard InChI is InChI=1S/C14H13FN2O3/c1-9-7-11(16)5-6-13(9)20-8-10-3-2-4-12(14(10)15)17(18)19/h2-7H,8,16H2,1H3. The fourth-order valence-electron chi connectivity index (χ4n) is 1.81. The molecule has 0 fully saturated rings. The van der Waals surface area contributed by atoms with Crippen molar-refractivity contribution in [1.82, 2.24) is 0 Å². The van der Waals surface area contributed by atoms with Gasteiger partial charge in [0.05, 0.1) is 4.92 Å². The van der Waals surface area contributed by atoms with Crippen LogP contribution in [0.3, 0.4) is 0 Å². The van der Waals surface area contributed by atoms with Gasteiger partial charge in [0.25, 0.3) is 0 Å². The van der Waals surface area contributed by atoms with Crippen molar-refractivity contribution in [3.63, 3.8) is 0 Å². The third kappa shape index (κ3) is 2.85. The van der Waals surface area contributed by atoms with Crippen LogP contribution in [0.15, 0.2) is 36.4 Å². The summed E-state index contributed by atoms with van der Waals surface area (Å²) in [6.45, 7) is 1.73. The van der Waals surface area contributed by atoms with Gasteiger partial charge in [0.1, 0.15) is 12.4 Å². The normalized spacial score (nSPS) is 10.3. The summed E-state index contributed by atoms with van der Waals surface area (Å²) in [5, 5.41) is 10.7. The summed E-state index contributed by atoms with van der Waals surface area (Å²) >= 11 is 0. The van der Waals surface area contributed by atoms with Crippen molar-refractivity contribution in [3.8, 4) is 5.75 Å². The predicted octanol–water partition coefficient (Wildman–Crippen LogP) is 3.20. The van der Waals surface area contributed by atoms with E-state index in [0.29, 0.717) is 11.4 Å². The molecule has 20 heavy (non-hydrogen) atoms. The first-order chi connectivity index (χ1) is 9.49. The minimum atomic E-state index is -0.870. The molecule has 0 heterocycles. The van der Waals surface area contributed by atoms with Gasteiger partial charge in [-0.3, -0.25) is 10.1 Å². The molecule has 0 aromatic heterocycles. The highest BCUT2D eigenvalue weighted by Crippen LogP contribution is 2.24. The van der Waals surface area contributed by atoms with E-state index in [4.69, 9.17) is 10.5 Å². The van der Waals surface area contributed by atoms with Crippen LogP contribution in [0.1, 0.15) is 11.1 Å². The molecule has 2 aromatic rings. The van der Waals surface area contributed by atoms with Crippen LogP contribution in [0.5, 0.6) is 5.75 Å². The van der Waals surface area contributed by atoms with Crippen LogP contribution in [0.25, 0.3) is 0 Å². The Morgan fingerprint density at radius 3 is 2.75 bits per heavy atom. The van der Waals surface area contributed by atoms with Gasteiger partial charge in [-0.15, -0.1) is 0 Å². The molecule has 0 spiro atoms. The minimum absolute atomic E-state index is 0.0850. The highest BCUT2D eigenvalue weighted by atomic mass is 19.1. The molecule has 0 amide bonds. The predicted molar refractivity (Wildman–Crippen MR) is 73.0 cm³/mol. The summed E-state index contributed by atoms with van der Waals surface area (Å²) in [4.78, 5) is 9.89. The maximum Gasteiger partial charge on any atom is 0.305 e. The van der Waals surface area contributed by atoms with E-state index in [9.17, 15) is 14.5 Å². The maximum atomic E-state index is 13.8. The maximum absolute atomic E-state index is 13.8. The van der Waals surface area contributed by atoms with Crippen LogP contribution in [-0.4, -0.2) is 4.92 Å². The number of aryl methyl sites for hydroxylation is 1.